The number of thioether (sulfide) groups is 1. The molecule has 0 fully saturated rings. The molecule has 4 rings (SSSR count). The molecule has 3 amide bonds. The third kappa shape index (κ3) is 7.88. The number of aromatic nitrogens is 1. The number of benzene rings is 3. The minimum absolute atomic E-state index is 0.104. The highest BCUT2D eigenvalue weighted by molar-refractivity contribution is 9.10. The molecule has 0 saturated carbocycles. The van der Waals surface area contributed by atoms with Crippen molar-refractivity contribution < 1.29 is 14.4 Å². The van der Waals surface area contributed by atoms with E-state index in [2.05, 4.69) is 36.9 Å². The van der Waals surface area contributed by atoms with Crippen LogP contribution in [0.4, 0.5) is 10.8 Å². The Kier molecular flexibility index (Phi) is 9.47. The average Bonchev–Trinajstić information content (AvgIpc) is 3.44. The van der Waals surface area contributed by atoms with Crippen LogP contribution in [-0.2, 0) is 9.59 Å². The van der Waals surface area contributed by atoms with Crippen molar-refractivity contribution in [3.63, 3.8) is 0 Å². The van der Waals surface area contributed by atoms with Crippen molar-refractivity contribution >= 4 is 73.6 Å². The number of hydrogen-bond acceptors (Lipinski definition) is 6. The number of carbonyl (C=O) groups excluding carboxylic acids is 3. The van der Waals surface area contributed by atoms with Crippen molar-refractivity contribution in [2.75, 3.05) is 10.6 Å². The van der Waals surface area contributed by atoms with E-state index in [1.54, 1.807) is 54.1 Å². The first-order valence-electron chi connectivity index (χ1n) is 11.5. The van der Waals surface area contributed by atoms with Gasteiger partial charge in [-0.3, -0.25) is 14.4 Å². The molecule has 10 heteroatoms. The van der Waals surface area contributed by atoms with Crippen LogP contribution in [0.25, 0.3) is 6.08 Å². The van der Waals surface area contributed by atoms with Crippen LogP contribution in [0.5, 0.6) is 0 Å². The number of rotatable bonds is 9. The molecule has 38 heavy (non-hydrogen) atoms. The zero-order chi connectivity index (χ0) is 26.9. The second-order valence-corrected chi connectivity index (χ2v) is 11.2. The second-order valence-electron chi connectivity index (χ2n) is 7.99. The number of halogens is 1. The van der Waals surface area contributed by atoms with Crippen LogP contribution in [-0.4, -0.2) is 28.0 Å². The van der Waals surface area contributed by atoms with Gasteiger partial charge >= 0.3 is 0 Å². The molecule has 7 nitrogen and oxygen atoms in total. The van der Waals surface area contributed by atoms with Gasteiger partial charge in [-0.25, -0.2) is 4.98 Å². The maximum atomic E-state index is 13.2. The number of carbonyl (C=O) groups is 3. The summed E-state index contributed by atoms with van der Waals surface area (Å²) in [6, 6.07) is 23.2. The van der Waals surface area contributed by atoms with Crippen molar-refractivity contribution in [1.82, 2.24) is 10.3 Å². The van der Waals surface area contributed by atoms with Gasteiger partial charge in [-0.15, -0.1) is 23.1 Å². The quantitative estimate of drug-likeness (QED) is 0.150. The standard InChI is InChI=1S/C28H23BrN4O3S2/c1-18(25(34)33-28-30-15-16-37-28)38-23-13-11-22(12-14-23)31-27(36)24(17-19-7-9-21(29)10-8-19)32-26(35)20-5-3-2-4-6-20/h2-18H,1H3,(H,31,36)(H,32,35)(H,30,33,34)/b24-17-. The number of hydrogen-bond donors (Lipinski definition) is 3. The van der Waals surface area contributed by atoms with E-state index in [1.807, 2.05) is 49.4 Å². The SMILES string of the molecule is CC(Sc1ccc(NC(=O)/C(=C/c2ccc(Br)cc2)NC(=O)c2ccccc2)cc1)C(=O)Nc1nccs1. The number of nitrogens with one attached hydrogen (secondary N) is 3. The van der Waals surface area contributed by atoms with E-state index in [4.69, 9.17) is 0 Å². The van der Waals surface area contributed by atoms with Gasteiger partial charge in [0.15, 0.2) is 5.13 Å². The second kappa shape index (κ2) is 13.2. The number of amides is 3. The first-order chi connectivity index (χ1) is 18.4. The molecule has 1 atom stereocenters. The van der Waals surface area contributed by atoms with E-state index in [0.717, 1.165) is 14.9 Å². The third-order valence-electron chi connectivity index (χ3n) is 5.17. The van der Waals surface area contributed by atoms with Crippen LogP contribution in [0.3, 0.4) is 0 Å². The van der Waals surface area contributed by atoms with Crippen molar-refractivity contribution in [2.24, 2.45) is 0 Å². The Hall–Kier alpha value is -3.73. The van der Waals surface area contributed by atoms with E-state index in [0.29, 0.717) is 16.4 Å². The number of nitrogens with zero attached hydrogens (tertiary/aromatic N) is 1. The van der Waals surface area contributed by atoms with Crippen LogP contribution in [0.2, 0.25) is 0 Å². The van der Waals surface area contributed by atoms with Crippen LogP contribution in [0, 0.1) is 0 Å². The minimum atomic E-state index is -0.464. The maximum Gasteiger partial charge on any atom is 0.272 e. The zero-order valence-corrected chi connectivity index (χ0v) is 23.4. The van der Waals surface area contributed by atoms with Crippen molar-refractivity contribution in [2.45, 2.75) is 17.1 Å². The maximum absolute atomic E-state index is 13.2. The lowest BCUT2D eigenvalue weighted by Crippen LogP contribution is -2.30. The number of thiazole rings is 1. The first-order valence-corrected chi connectivity index (χ1v) is 14.0. The monoisotopic (exact) mass is 606 g/mol. The molecule has 0 aliphatic rings. The molecule has 1 heterocycles. The Labute approximate surface area is 236 Å². The predicted octanol–water partition coefficient (Wildman–Crippen LogP) is 6.43. The normalized spacial score (nSPS) is 11.9. The van der Waals surface area contributed by atoms with E-state index in [1.165, 1.54) is 23.1 Å². The van der Waals surface area contributed by atoms with Crippen molar-refractivity contribution in [3.8, 4) is 0 Å². The molecular formula is C28H23BrN4O3S2. The fourth-order valence-corrected chi connectivity index (χ4v) is 4.90. The summed E-state index contributed by atoms with van der Waals surface area (Å²) in [5, 5.41) is 10.4. The Morgan fingerprint density at radius 2 is 1.66 bits per heavy atom. The highest BCUT2D eigenvalue weighted by atomic mass is 79.9. The first kappa shape index (κ1) is 27.3. The van der Waals surface area contributed by atoms with Gasteiger partial charge in [0.1, 0.15) is 5.70 Å². The smallest absolute Gasteiger partial charge is 0.272 e. The van der Waals surface area contributed by atoms with Crippen LogP contribution < -0.4 is 16.0 Å². The molecule has 3 N–H and O–H groups in total. The van der Waals surface area contributed by atoms with E-state index < -0.39 is 5.91 Å². The minimum Gasteiger partial charge on any atom is -0.321 e. The molecule has 0 radical (unpaired) electrons. The Bertz CT molecular complexity index is 1430. The van der Waals surface area contributed by atoms with Crippen LogP contribution in [0.15, 0.2) is 106 Å². The van der Waals surface area contributed by atoms with Crippen molar-refractivity contribution in [1.29, 1.82) is 0 Å². The van der Waals surface area contributed by atoms with Crippen LogP contribution in [0.1, 0.15) is 22.8 Å². The third-order valence-corrected chi connectivity index (χ3v) is 7.50. The highest BCUT2D eigenvalue weighted by Gasteiger charge is 2.17. The lowest BCUT2D eigenvalue weighted by molar-refractivity contribution is -0.115. The summed E-state index contributed by atoms with van der Waals surface area (Å²) in [6.07, 6.45) is 3.26. The molecule has 192 valence electrons. The summed E-state index contributed by atoms with van der Waals surface area (Å²) in [5.74, 6) is -0.992. The molecule has 4 aromatic rings. The van der Waals surface area contributed by atoms with E-state index in [9.17, 15) is 14.4 Å². The molecule has 3 aromatic carbocycles. The lowest BCUT2D eigenvalue weighted by atomic mass is 10.1. The summed E-state index contributed by atoms with van der Waals surface area (Å²) in [6.45, 7) is 1.82. The van der Waals surface area contributed by atoms with Crippen LogP contribution >= 0.6 is 39.0 Å². The Morgan fingerprint density at radius 3 is 2.32 bits per heavy atom. The summed E-state index contributed by atoms with van der Waals surface area (Å²) in [4.78, 5) is 43.3. The molecule has 0 bridgehead atoms. The zero-order valence-electron chi connectivity index (χ0n) is 20.2. The fourth-order valence-electron chi connectivity index (χ4n) is 3.23. The van der Waals surface area contributed by atoms with Gasteiger partial charge in [0.25, 0.3) is 11.8 Å². The fraction of sp³-hybridized carbons (Fsp3) is 0.0714. The molecule has 1 aromatic heterocycles. The molecule has 1 unspecified atom stereocenters. The van der Waals surface area contributed by atoms with Gasteiger partial charge in [0.05, 0.1) is 5.25 Å². The van der Waals surface area contributed by atoms with Gasteiger partial charge in [0, 0.05) is 32.2 Å². The summed E-state index contributed by atoms with van der Waals surface area (Å²) >= 11 is 6.16. The summed E-state index contributed by atoms with van der Waals surface area (Å²) in [5.41, 5.74) is 1.85. The van der Waals surface area contributed by atoms with E-state index in [-0.39, 0.29) is 22.8 Å². The largest absolute Gasteiger partial charge is 0.321 e. The van der Waals surface area contributed by atoms with E-state index >= 15 is 0 Å². The van der Waals surface area contributed by atoms with Gasteiger partial charge in [-0.2, -0.15) is 0 Å². The van der Waals surface area contributed by atoms with Crippen molar-refractivity contribution in [3.05, 3.63) is 112 Å². The topological polar surface area (TPSA) is 100 Å². The summed E-state index contributed by atoms with van der Waals surface area (Å²) in [7, 11) is 0. The highest BCUT2D eigenvalue weighted by Crippen LogP contribution is 2.26. The molecule has 0 aliphatic carbocycles. The van der Waals surface area contributed by atoms with Gasteiger partial charge in [-0.1, -0.05) is 46.3 Å². The molecule has 0 spiro atoms. The predicted molar refractivity (Wildman–Crippen MR) is 157 cm³/mol. The molecule has 0 aliphatic heterocycles. The summed E-state index contributed by atoms with van der Waals surface area (Å²) < 4.78 is 0.905. The van der Waals surface area contributed by atoms with Gasteiger partial charge < -0.3 is 16.0 Å². The van der Waals surface area contributed by atoms with Gasteiger partial charge in [-0.05, 0) is 67.1 Å². The Balaban J connectivity index is 1.44. The Morgan fingerprint density at radius 1 is 0.947 bits per heavy atom. The molecular weight excluding hydrogens is 584 g/mol. The average molecular weight is 608 g/mol. The lowest BCUT2D eigenvalue weighted by Gasteiger charge is -2.13. The number of anilines is 2. The van der Waals surface area contributed by atoms with Gasteiger partial charge in [0.2, 0.25) is 5.91 Å². The molecule has 0 saturated heterocycles.